The first-order valence-electron chi connectivity index (χ1n) is 16.1. The van der Waals surface area contributed by atoms with Crippen LogP contribution in [0.15, 0.2) is 66.3 Å². The van der Waals surface area contributed by atoms with Crippen molar-refractivity contribution in [3.8, 4) is 0 Å². The van der Waals surface area contributed by atoms with Crippen molar-refractivity contribution in [2.75, 3.05) is 19.1 Å². The monoisotopic (exact) mass is 668 g/mol. The van der Waals surface area contributed by atoms with E-state index in [1.54, 1.807) is 14.0 Å². The van der Waals surface area contributed by atoms with Crippen LogP contribution in [-0.2, 0) is 25.5 Å². The third-order valence-corrected chi connectivity index (χ3v) is 12.2. The number of hydrogen-bond acceptors (Lipinski definition) is 8. The van der Waals surface area contributed by atoms with E-state index in [0.717, 1.165) is 22.9 Å². The zero-order valence-corrected chi connectivity index (χ0v) is 27.2. The fourth-order valence-corrected chi connectivity index (χ4v) is 9.82. The van der Waals surface area contributed by atoms with Crippen molar-refractivity contribution in [2.24, 2.45) is 22.7 Å². The Labute approximate surface area is 277 Å². The van der Waals surface area contributed by atoms with Gasteiger partial charge in [0.05, 0.1) is 22.9 Å². The summed E-state index contributed by atoms with van der Waals surface area (Å²) in [5.74, 6) is -2.63. The van der Waals surface area contributed by atoms with Crippen molar-refractivity contribution < 1.29 is 38.1 Å². The van der Waals surface area contributed by atoms with E-state index in [9.17, 15) is 19.8 Å². The van der Waals surface area contributed by atoms with Crippen LogP contribution in [0, 0.1) is 22.7 Å². The van der Waals surface area contributed by atoms with Crippen molar-refractivity contribution in [1.29, 1.82) is 0 Å². The molecule has 2 aromatic rings. The van der Waals surface area contributed by atoms with Crippen molar-refractivity contribution in [1.82, 2.24) is 5.43 Å². The number of carbonyl (C=O) groups is 2. The number of alkyl halides is 2. The summed E-state index contributed by atoms with van der Waals surface area (Å²) in [5, 5.41) is 22.5. The molecule has 250 valence electrons. The van der Waals surface area contributed by atoms with E-state index >= 15 is 8.78 Å². The predicted molar refractivity (Wildman–Crippen MR) is 171 cm³/mol. The average Bonchev–Trinajstić information content (AvgIpc) is 3.54. The van der Waals surface area contributed by atoms with E-state index in [2.05, 4.69) is 10.9 Å². The summed E-state index contributed by atoms with van der Waals surface area (Å²) in [5.41, 5.74) is 2.71. The number of nitrogens with one attached hydrogen (secondary N) is 2. The number of hydrogen-bond donors (Lipinski definition) is 4. The van der Waals surface area contributed by atoms with Gasteiger partial charge in [0, 0.05) is 29.4 Å². The number of rotatable bonds is 7. The molecule has 1 heterocycles. The Morgan fingerprint density at radius 1 is 1.11 bits per heavy atom. The lowest BCUT2D eigenvalue weighted by Gasteiger charge is -2.63. The van der Waals surface area contributed by atoms with Gasteiger partial charge in [-0.3, -0.25) is 9.59 Å². The first-order chi connectivity index (χ1) is 22.3. The minimum atomic E-state index is -2.30. The number of Topliss-reactive ketones (excluding diaryl/α,β-unsaturated/α-hetero) is 1. The minimum Gasteiger partial charge on any atom is -0.390 e. The van der Waals surface area contributed by atoms with E-state index in [-0.39, 0.29) is 24.8 Å². The minimum absolute atomic E-state index is 0.0351. The molecule has 4 fully saturated rings. The fraction of sp³-hybridized carbons (Fsp3) is 0.500. The molecule has 0 amide bonds. The van der Waals surface area contributed by atoms with Crippen molar-refractivity contribution >= 4 is 28.9 Å². The Morgan fingerprint density at radius 2 is 1.83 bits per heavy atom. The summed E-state index contributed by atoms with van der Waals surface area (Å²) in [6.07, 6.45) is -0.838. The summed E-state index contributed by atoms with van der Waals surface area (Å²) in [6.45, 7) is 2.48. The molecule has 0 radical (unpaired) electrons. The largest absolute Gasteiger partial charge is 0.390 e. The highest BCUT2D eigenvalue weighted by molar-refractivity contribution is 6.33. The van der Waals surface area contributed by atoms with E-state index in [1.165, 1.54) is 19.1 Å². The lowest BCUT2D eigenvalue weighted by atomic mass is 9.44. The molecule has 1 saturated heterocycles. The summed E-state index contributed by atoms with van der Waals surface area (Å²) >= 11 is 6.27. The van der Waals surface area contributed by atoms with E-state index in [0.29, 0.717) is 17.0 Å². The van der Waals surface area contributed by atoms with Crippen LogP contribution in [0.4, 0.5) is 14.5 Å². The molecular formula is C36H39ClF2N2O6. The molecule has 2 aromatic carbocycles. The molecule has 4 N–H and O–H groups in total. The summed E-state index contributed by atoms with van der Waals surface area (Å²) < 4.78 is 46.4. The molecule has 10 atom stereocenters. The Kier molecular flexibility index (Phi) is 7.82. The van der Waals surface area contributed by atoms with E-state index in [4.69, 9.17) is 21.1 Å². The van der Waals surface area contributed by atoms with Gasteiger partial charge in [0.15, 0.2) is 29.1 Å². The number of ketones is 2. The van der Waals surface area contributed by atoms with Gasteiger partial charge < -0.3 is 25.1 Å². The third-order valence-electron chi connectivity index (χ3n) is 11.9. The third kappa shape index (κ3) is 4.48. The zero-order chi connectivity index (χ0) is 33.5. The number of carbonyl (C=O) groups excluding carboxylic acids is 2. The van der Waals surface area contributed by atoms with E-state index in [1.807, 2.05) is 42.5 Å². The molecule has 0 aromatic heterocycles. The summed E-state index contributed by atoms with van der Waals surface area (Å²) in [4.78, 5) is 25.9. The Morgan fingerprint density at radius 3 is 2.53 bits per heavy atom. The number of allylic oxidation sites excluding steroid dienone is 4. The second-order valence-corrected chi connectivity index (χ2v) is 14.5. The quantitative estimate of drug-likeness (QED) is 0.301. The lowest BCUT2D eigenvalue weighted by molar-refractivity contribution is -0.235. The van der Waals surface area contributed by atoms with Crippen molar-refractivity contribution in [3.63, 3.8) is 0 Å². The van der Waals surface area contributed by atoms with Gasteiger partial charge in [-0.25, -0.2) is 14.2 Å². The molecule has 5 aliphatic rings. The van der Waals surface area contributed by atoms with Crippen LogP contribution in [0.1, 0.15) is 56.1 Å². The standard InChI is InChI=1S/C36H39ClF2N2O6/c1-33-11-10-22(43)14-25(33)27(38)15-24-23-16-31-36(30(45)18-42,34(23,2)17-29(44)35(24,33)39)47-32(46-31)21-7-4-19(5-8-21)12-20-6-9-26(37)28(13-20)41-40-3/h4-11,13-14,23-24,27,29,31-32,40-42,44H,12,15-18H2,1-3H3/t23-,24-,27-,29-,31+,32+,33-,34-,35-,36+/m0/s1. The molecule has 7 rings (SSSR count). The SMILES string of the molecule is CNNc1cc(Cc2ccc([C@@H]3O[C@@H]4C[C@H]5[C@@H]6C[C@H](F)C7=CC(=O)C=C[C@]7(C)[C@@]6(F)[C@@H](O)C[C@]5(C)[C@]4(C(=O)CO)O3)cc2)ccc1Cl. The Balaban J connectivity index is 1.18. The topological polar surface area (TPSA) is 117 Å². The molecule has 0 spiro atoms. The molecule has 3 saturated carbocycles. The zero-order valence-electron chi connectivity index (χ0n) is 26.4. The van der Waals surface area contributed by atoms with Crippen LogP contribution in [0.5, 0.6) is 0 Å². The molecule has 4 aliphatic carbocycles. The number of hydrazine groups is 1. The van der Waals surface area contributed by atoms with Gasteiger partial charge in [-0.1, -0.05) is 54.9 Å². The number of fused-ring (bicyclic) bond motifs is 7. The van der Waals surface area contributed by atoms with Crippen molar-refractivity contribution in [2.45, 2.75) is 75.5 Å². The number of benzene rings is 2. The average molecular weight is 669 g/mol. The van der Waals surface area contributed by atoms with Crippen LogP contribution in [0.2, 0.25) is 5.02 Å². The second-order valence-electron chi connectivity index (χ2n) is 14.1. The predicted octanol–water partition coefficient (Wildman–Crippen LogP) is 5.12. The molecule has 11 heteroatoms. The summed E-state index contributed by atoms with van der Waals surface area (Å²) in [6, 6.07) is 13.4. The highest BCUT2D eigenvalue weighted by Crippen LogP contribution is 2.72. The maximum atomic E-state index is 17.6. The van der Waals surface area contributed by atoms with Gasteiger partial charge in [0.25, 0.3) is 0 Å². The lowest BCUT2D eigenvalue weighted by Crippen LogP contribution is -2.70. The van der Waals surface area contributed by atoms with Gasteiger partial charge >= 0.3 is 0 Å². The molecular weight excluding hydrogens is 630 g/mol. The summed E-state index contributed by atoms with van der Waals surface area (Å²) in [7, 11) is 1.76. The normalized spacial score (nSPS) is 40.3. The van der Waals surface area contributed by atoms with Crippen LogP contribution < -0.4 is 10.9 Å². The van der Waals surface area contributed by atoms with Crippen LogP contribution in [-0.4, -0.2) is 65.1 Å². The molecule has 8 nitrogen and oxygen atoms in total. The number of ether oxygens (including phenoxy) is 2. The Hall–Kier alpha value is -2.99. The molecule has 47 heavy (non-hydrogen) atoms. The Bertz CT molecular complexity index is 1690. The van der Waals surface area contributed by atoms with Gasteiger partial charge in [0.2, 0.25) is 0 Å². The number of anilines is 1. The van der Waals surface area contributed by atoms with Gasteiger partial charge in [0.1, 0.15) is 12.8 Å². The maximum absolute atomic E-state index is 17.6. The maximum Gasteiger partial charge on any atom is 0.193 e. The highest BCUT2D eigenvalue weighted by Gasteiger charge is 2.80. The molecule has 0 bridgehead atoms. The van der Waals surface area contributed by atoms with Crippen LogP contribution in [0.25, 0.3) is 0 Å². The fourth-order valence-electron chi connectivity index (χ4n) is 9.66. The van der Waals surface area contributed by atoms with Crippen LogP contribution in [0.3, 0.4) is 0 Å². The second kappa shape index (κ2) is 11.3. The molecule has 0 unspecified atom stereocenters. The number of aliphatic hydroxyl groups excluding tert-OH is 2. The van der Waals surface area contributed by atoms with Gasteiger partial charge in [-0.15, -0.1) is 0 Å². The van der Waals surface area contributed by atoms with Gasteiger partial charge in [-0.05, 0) is 79.5 Å². The van der Waals surface area contributed by atoms with Gasteiger partial charge in [-0.2, -0.15) is 0 Å². The molecule has 1 aliphatic heterocycles. The van der Waals surface area contributed by atoms with Crippen LogP contribution >= 0.6 is 11.6 Å². The number of halogens is 3. The first kappa shape index (κ1) is 32.6. The first-order valence-corrected chi connectivity index (χ1v) is 16.4. The smallest absolute Gasteiger partial charge is 0.193 e. The van der Waals surface area contributed by atoms with E-state index < -0.39 is 76.8 Å². The number of aliphatic hydroxyl groups is 2. The van der Waals surface area contributed by atoms with Crippen molar-refractivity contribution in [3.05, 3.63) is 88.0 Å². The highest BCUT2D eigenvalue weighted by atomic mass is 35.5.